The van der Waals surface area contributed by atoms with Crippen molar-refractivity contribution < 1.29 is 4.74 Å². The van der Waals surface area contributed by atoms with Crippen LogP contribution in [-0.4, -0.2) is 26.4 Å². The molecule has 0 saturated carbocycles. The Balaban J connectivity index is 2.03. The standard InChI is InChI=1S/C11H14N4O/c1-8-6-12-11-9(14-8)7-13-15(11)10-4-2-3-5-16-10/h6-7,10H,2-5H2,1H3/t10-/m0/s1. The van der Waals surface area contributed by atoms with Crippen LogP contribution in [0.2, 0.25) is 0 Å². The molecule has 0 aliphatic carbocycles. The van der Waals surface area contributed by atoms with Crippen molar-refractivity contribution in [3.63, 3.8) is 0 Å². The molecule has 1 atom stereocenters. The highest BCUT2D eigenvalue weighted by Crippen LogP contribution is 2.24. The number of ether oxygens (including phenoxy) is 1. The zero-order valence-electron chi connectivity index (χ0n) is 9.26. The first-order chi connectivity index (χ1) is 7.84. The Kier molecular flexibility index (Phi) is 2.32. The molecule has 0 aromatic carbocycles. The molecule has 1 fully saturated rings. The van der Waals surface area contributed by atoms with Crippen LogP contribution in [0.15, 0.2) is 12.4 Å². The molecule has 0 radical (unpaired) electrons. The van der Waals surface area contributed by atoms with Crippen molar-refractivity contribution in [2.75, 3.05) is 6.61 Å². The fourth-order valence-corrected chi connectivity index (χ4v) is 2.05. The second kappa shape index (κ2) is 3.83. The highest BCUT2D eigenvalue weighted by Gasteiger charge is 2.19. The Bertz CT molecular complexity index is 502. The van der Waals surface area contributed by atoms with E-state index in [1.165, 1.54) is 6.42 Å². The van der Waals surface area contributed by atoms with E-state index in [0.29, 0.717) is 0 Å². The van der Waals surface area contributed by atoms with Gasteiger partial charge >= 0.3 is 0 Å². The van der Waals surface area contributed by atoms with E-state index < -0.39 is 0 Å². The fraction of sp³-hybridized carbons (Fsp3) is 0.545. The molecule has 0 amide bonds. The molecule has 2 aromatic heterocycles. The van der Waals surface area contributed by atoms with E-state index in [1.54, 1.807) is 12.4 Å². The van der Waals surface area contributed by atoms with E-state index >= 15 is 0 Å². The predicted octanol–water partition coefficient (Wildman–Crippen LogP) is 1.83. The quantitative estimate of drug-likeness (QED) is 0.732. The van der Waals surface area contributed by atoms with Crippen LogP contribution >= 0.6 is 0 Å². The summed E-state index contributed by atoms with van der Waals surface area (Å²) in [7, 11) is 0. The molecule has 0 bridgehead atoms. The highest BCUT2D eigenvalue weighted by molar-refractivity contribution is 5.69. The molecule has 3 rings (SSSR count). The van der Waals surface area contributed by atoms with Crippen LogP contribution in [0.1, 0.15) is 31.2 Å². The third-order valence-electron chi connectivity index (χ3n) is 2.85. The zero-order valence-corrected chi connectivity index (χ0v) is 9.26. The van der Waals surface area contributed by atoms with E-state index in [1.807, 2.05) is 11.6 Å². The number of rotatable bonds is 1. The molecule has 0 unspecified atom stereocenters. The predicted molar refractivity (Wildman–Crippen MR) is 58.9 cm³/mol. The largest absolute Gasteiger partial charge is 0.356 e. The van der Waals surface area contributed by atoms with Crippen LogP contribution in [0.4, 0.5) is 0 Å². The Morgan fingerprint density at radius 3 is 3.12 bits per heavy atom. The Hall–Kier alpha value is -1.49. The minimum Gasteiger partial charge on any atom is -0.356 e. The lowest BCUT2D eigenvalue weighted by atomic mass is 10.2. The topological polar surface area (TPSA) is 52.8 Å². The van der Waals surface area contributed by atoms with Crippen molar-refractivity contribution in [1.82, 2.24) is 19.7 Å². The van der Waals surface area contributed by atoms with Crippen molar-refractivity contribution in [2.24, 2.45) is 0 Å². The summed E-state index contributed by atoms with van der Waals surface area (Å²) in [5, 5.41) is 4.33. The van der Waals surface area contributed by atoms with Crippen LogP contribution in [0, 0.1) is 6.92 Å². The van der Waals surface area contributed by atoms with Crippen molar-refractivity contribution in [1.29, 1.82) is 0 Å². The molecule has 1 saturated heterocycles. The second-order valence-electron chi connectivity index (χ2n) is 4.13. The van der Waals surface area contributed by atoms with Gasteiger partial charge in [0.2, 0.25) is 0 Å². The smallest absolute Gasteiger partial charge is 0.179 e. The summed E-state index contributed by atoms with van der Waals surface area (Å²) in [6, 6.07) is 0. The van der Waals surface area contributed by atoms with Gasteiger partial charge in [0.05, 0.1) is 18.1 Å². The first kappa shape index (κ1) is 9.72. The summed E-state index contributed by atoms with van der Waals surface area (Å²) in [6.45, 7) is 2.74. The first-order valence-corrected chi connectivity index (χ1v) is 5.63. The number of hydrogen-bond acceptors (Lipinski definition) is 4. The van der Waals surface area contributed by atoms with Crippen molar-refractivity contribution in [3.8, 4) is 0 Å². The molecular formula is C11H14N4O. The Labute approximate surface area is 93.5 Å². The van der Waals surface area contributed by atoms with Gasteiger partial charge in [0.15, 0.2) is 11.9 Å². The molecule has 5 nitrogen and oxygen atoms in total. The molecule has 1 aliphatic rings. The van der Waals surface area contributed by atoms with Crippen molar-refractivity contribution in [3.05, 3.63) is 18.1 Å². The Morgan fingerprint density at radius 2 is 2.31 bits per heavy atom. The van der Waals surface area contributed by atoms with Gasteiger partial charge in [-0.15, -0.1) is 0 Å². The number of hydrogen-bond donors (Lipinski definition) is 0. The van der Waals surface area contributed by atoms with Gasteiger partial charge in [0, 0.05) is 6.61 Å². The van der Waals surface area contributed by atoms with Gasteiger partial charge < -0.3 is 4.74 Å². The second-order valence-corrected chi connectivity index (χ2v) is 4.13. The minimum absolute atomic E-state index is 0.0308. The van der Waals surface area contributed by atoms with E-state index in [4.69, 9.17) is 4.74 Å². The summed E-state index contributed by atoms with van der Waals surface area (Å²) in [5.74, 6) is 0. The molecule has 1 aliphatic heterocycles. The summed E-state index contributed by atoms with van der Waals surface area (Å²) < 4.78 is 7.54. The van der Waals surface area contributed by atoms with Gasteiger partial charge in [-0.1, -0.05) is 0 Å². The summed E-state index contributed by atoms with van der Waals surface area (Å²) in [5.41, 5.74) is 2.57. The fourth-order valence-electron chi connectivity index (χ4n) is 2.05. The van der Waals surface area contributed by atoms with Crippen molar-refractivity contribution >= 4 is 11.2 Å². The lowest BCUT2D eigenvalue weighted by molar-refractivity contribution is -0.0370. The third-order valence-corrected chi connectivity index (χ3v) is 2.85. The number of fused-ring (bicyclic) bond motifs is 1. The minimum atomic E-state index is 0.0308. The van der Waals surface area contributed by atoms with Crippen LogP contribution in [0.5, 0.6) is 0 Å². The molecular weight excluding hydrogens is 204 g/mol. The molecule has 5 heteroatoms. The van der Waals surface area contributed by atoms with Crippen molar-refractivity contribution in [2.45, 2.75) is 32.4 Å². The molecule has 2 aromatic rings. The van der Waals surface area contributed by atoms with Crippen LogP contribution < -0.4 is 0 Å². The summed E-state index contributed by atoms with van der Waals surface area (Å²) in [6.07, 6.45) is 6.89. The van der Waals surface area contributed by atoms with E-state index in [0.717, 1.165) is 36.3 Å². The van der Waals surface area contributed by atoms with Gasteiger partial charge in [-0.25, -0.2) is 14.6 Å². The van der Waals surface area contributed by atoms with Gasteiger partial charge in [-0.2, -0.15) is 5.10 Å². The van der Waals surface area contributed by atoms with Gasteiger partial charge in [-0.3, -0.25) is 0 Å². The Morgan fingerprint density at radius 1 is 1.38 bits per heavy atom. The van der Waals surface area contributed by atoms with E-state index in [2.05, 4.69) is 15.1 Å². The average molecular weight is 218 g/mol. The molecule has 84 valence electrons. The van der Waals surface area contributed by atoms with Crippen LogP contribution in [-0.2, 0) is 4.74 Å². The number of aryl methyl sites for hydroxylation is 1. The maximum Gasteiger partial charge on any atom is 0.179 e. The SMILES string of the molecule is Cc1cnc2c(cnn2[C@@H]2CCCCO2)n1. The molecule has 0 spiro atoms. The maximum atomic E-state index is 5.69. The zero-order chi connectivity index (χ0) is 11.0. The average Bonchev–Trinajstić information content (AvgIpc) is 2.73. The highest BCUT2D eigenvalue weighted by atomic mass is 16.5. The number of nitrogens with zero attached hydrogens (tertiary/aromatic N) is 4. The van der Waals surface area contributed by atoms with Gasteiger partial charge in [-0.05, 0) is 26.2 Å². The monoisotopic (exact) mass is 218 g/mol. The van der Waals surface area contributed by atoms with Gasteiger partial charge in [0.25, 0.3) is 0 Å². The normalized spacial score (nSPS) is 21.4. The lowest BCUT2D eigenvalue weighted by Crippen LogP contribution is -2.19. The number of aromatic nitrogens is 4. The van der Waals surface area contributed by atoms with E-state index in [9.17, 15) is 0 Å². The molecule has 0 N–H and O–H groups in total. The maximum absolute atomic E-state index is 5.69. The van der Waals surface area contributed by atoms with Crippen LogP contribution in [0.3, 0.4) is 0 Å². The van der Waals surface area contributed by atoms with E-state index in [-0.39, 0.29) is 6.23 Å². The summed E-state index contributed by atoms with van der Waals surface area (Å²) in [4.78, 5) is 8.76. The summed E-state index contributed by atoms with van der Waals surface area (Å²) >= 11 is 0. The molecule has 3 heterocycles. The van der Waals surface area contributed by atoms with Gasteiger partial charge in [0.1, 0.15) is 5.52 Å². The van der Waals surface area contributed by atoms with Crippen LogP contribution in [0.25, 0.3) is 11.2 Å². The third kappa shape index (κ3) is 1.57. The lowest BCUT2D eigenvalue weighted by Gasteiger charge is -2.22. The molecule has 16 heavy (non-hydrogen) atoms. The first-order valence-electron chi connectivity index (χ1n) is 5.63.